The number of fused-ring (bicyclic) bond motifs is 1. The van der Waals surface area contributed by atoms with Crippen molar-refractivity contribution in [2.75, 3.05) is 12.5 Å². The summed E-state index contributed by atoms with van der Waals surface area (Å²) in [6.45, 7) is 0.757. The number of hydrogen-bond acceptors (Lipinski definition) is 1. The standard InChI is InChI=1S/C18H18Cl2O/c19-12-14(8-13-4-2-1-3-5-13)9-16-11-17(20)10-15-6-7-21-18(15)16/h1-5,10-11,14H,6-9,12H2. The van der Waals surface area contributed by atoms with Crippen LogP contribution in [-0.2, 0) is 19.3 Å². The molecule has 0 bridgehead atoms. The van der Waals surface area contributed by atoms with Crippen LogP contribution in [0.15, 0.2) is 42.5 Å². The molecular weight excluding hydrogens is 303 g/mol. The molecule has 0 aliphatic carbocycles. The first-order valence-corrected chi connectivity index (χ1v) is 8.21. The van der Waals surface area contributed by atoms with Crippen LogP contribution in [0.4, 0.5) is 0 Å². The summed E-state index contributed by atoms with van der Waals surface area (Å²) in [6.07, 6.45) is 2.83. The Balaban J connectivity index is 1.78. The molecule has 0 saturated carbocycles. The van der Waals surface area contributed by atoms with E-state index in [2.05, 4.69) is 24.3 Å². The predicted molar refractivity (Wildman–Crippen MR) is 88.7 cm³/mol. The van der Waals surface area contributed by atoms with Gasteiger partial charge in [0.2, 0.25) is 0 Å². The van der Waals surface area contributed by atoms with Gasteiger partial charge in [0.15, 0.2) is 0 Å². The van der Waals surface area contributed by atoms with E-state index in [0.29, 0.717) is 11.8 Å². The van der Waals surface area contributed by atoms with Crippen LogP contribution in [0.25, 0.3) is 0 Å². The summed E-state index contributed by atoms with van der Waals surface area (Å²) in [7, 11) is 0. The van der Waals surface area contributed by atoms with Gasteiger partial charge in [0, 0.05) is 17.3 Å². The van der Waals surface area contributed by atoms with Crippen LogP contribution < -0.4 is 4.74 Å². The molecule has 21 heavy (non-hydrogen) atoms. The largest absolute Gasteiger partial charge is 0.493 e. The van der Waals surface area contributed by atoms with Gasteiger partial charge in [-0.05, 0) is 47.6 Å². The van der Waals surface area contributed by atoms with E-state index in [1.807, 2.05) is 18.2 Å². The minimum Gasteiger partial charge on any atom is -0.493 e. The first-order chi connectivity index (χ1) is 10.3. The van der Waals surface area contributed by atoms with Crippen LogP contribution in [0, 0.1) is 5.92 Å². The van der Waals surface area contributed by atoms with E-state index in [-0.39, 0.29) is 0 Å². The second-order valence-corrected chi connectivity index (χ2v) is 6.31. The Morgan fingerprint density at radius 3 is 2.67 bits per heavy atom. The Morgan fingerprint density at radius 2 is 1.90 bits per heavy atom. The molecule has 1 atom stereocenters. The maximum atomic E-state index is 6.23. The number of hydrogen-bond donors (Lipinski definition) is 0. The average molecular weight is 321 g/mol. The Morgan fingerprint density at radius 1 is 1.10 bits per heavy atom. The Hall–Kier alpha value is -1.18. The monoisotopic (exact) mass is 320 g/mol. The molecule has 2 aromatic rings. The average Bonchev–Trinajstić information content (AvgIpc) is 2.96. The molecule has 0 N–H and O–H groups in total. The molecule has 1 unspecified atom stereocenters. The fourth-order valence-electron chi connectivity index (χ4n) is 2.94. The van der Waals surface area contributed by atoms with Crippen LogP contribution in [0.1, 0.15) is 16.7 Å². The zero-order valence-electron chi connectivity index (χ0n) is 11.8. The molecule has 0 radical (unpaired) electrons. The van der Waals surface area contributed by atoms with E-state index in [0.717, 1.165) is 36.6 Å². The molecule has 2 aromatic carbocycles. The second-order valence-electron chi connectivity index (χ2n) is 5.57. The fraction of sp³-hybridized carbons (Fsp3) is 0.333. The van der Waals surface area contributed by atoms with Crippen LogP contribution in [-0.4, -0.2) is 12.5 Å². The number of halogens is 2. The van der Waals surface area contributed by atoms with E-state index in [9.17, 15) is 0 Å². The number of benzene rings is 2. The van der Waals surface area contributed by atoms with Crippen LogP contribution in [0.5, 0.6) is 5.75 Å². The highest BCUT2D eigenvalue weighted by Gasteiger charge is 2.20. The third-order valence-electron chi connectivity index (χ3n) is 3.92. The molecule has 3 rings (SSSR count). The lowest BCUT2D eigenvalue weighted by molar-refractivity contribution is 0.351. The van der Waals surface area contributed by atoms with Gasteiger partial charge in [-0.15, -0.1) is 11.6 Å². The molecule has 1 heterocycles. The highest BCUT2D eigenvalue weighted by atomic mass is 35.5. The van der Waals surface area contributed by atoms with Crippen LogP contribution in [0.3, 0.4) is 0 Å². The normalized spacial score (nSPS) is 14.6. The van der Waals surface area contributed by atoms with Gasteiger partial charge < -0.3 is 4.74 Å². The lowest BCUT2D eigenvalue weighted by Gasteiger charge is -2.16. The maximum absolute atomic E-state index is 6.23. The molecule has 0 spiro atoms. The number of rotatable bonds is 5. The Bertz CT molecular complexity index is 610. The van der Waals surface area contributed by atoms with Crippen LogP contribution in [0.2, 0.25) is 5.02 Å². The molecule has 0 saturated heterocycles. The van der Waals surface area contributed by atoms with Gasteiger partial charge in [0.1, 0.15) is 5.75 Å². The molecule has 1 nitrogen and oxygen atoms in total. The van der Waals surface area contributed by atoms with Crippen molar-refractivity contribution in [3.63, 3.8) is 0 Å². The van der Waals surface area contributed by atoms with E-state index in [1.165, 1.54) is 16.7 Å². The Kier molecular flexibility index (Phi) is 4.72. The van der Waals surface area contributed by atoms with Gasteiger partial charge in [-0.2, -0.15) is 0 Å². The molecule has 0 fully saturated rings. The summed E-state index contributed by atoms with van der Waals surface area (Å²) in [5.74, 6) is 2.05. The van der Waals surface area contributed by atoms with E-state index < -0.39 is 0 Å². The van der Waals surface area contributed by atoms with Crippen molar-refractivity contribution < 1.29 is 4.74 Å². The molecule has 110 valence electrons. The minimum absolute atomic E-state index is 0.390. The van der Waals surface area contributed by atoms with Crippen LogP contribution >= 0.6 is 23.2 Å². The molecule has 3 heteroatoms. The highest BCUT2D eigenvalue weighted by molar-refractivity contribution is 6.30. The van der Waals surface area contributed by atoms with Crippen molar-refractivity contribution in [1.29, 1.82) is 0 Å². The van der Waals surface area contributed by atoms with Crippen molar-refractivity contribution in [3.8, 4) is 5.75 Å². The van der Waals surface area contributed by atoms with Gasteiger partial charge >= 0.3 is 0 Å². The molecule has 0 amide bonds. The van der Waals surface area contributed by atoms with Crippen molar-refractivity contribution >= 4 is 23.2 Å². The van der Waals surface area contributed by atoms with Gasteiger partial charge in [0.05, 0.1) is 6.61 Å². The highest BCUT2D eigenvalue weighted by Crippen LogP contribution is 2.34. The van der Waals surface area contributed by atoms with Gasteiger partial charge in [-0.25, -0.2) is 0 Å². The van der Waals surface area contributed by atoms with Gasteiger partial charge in [0.25, 0.3) is 0 Å². The molecule has 1 aliphatic heterocycles. The SMILES string of the molecule is ClCC(Cc1ccccc1)Cc1cc(Cl)cc2c1OCC2. The molecule has 1 aliphatic rings. The summed E-state index contributed by atoms with van der Waals surface area (Å²) >= 11 is 12.4. The predicted octanol–water partition coefficient (Wildman–Crippen LogP) is 4.92. The lowest BCUT2D eigenvalue weighted by atomic mass is 9.92. The summed E-state index contributed by atoms with van der Waals surface area (Å²) in [6, 6.07) is 14.5. The van der Waals surface area contributed by atoms with E-state index >= 15 is 0 Å². The summed E-state index contributed by atoms with van der Waals surface area (Å²) < 4.78 is 5.78. The fourth-order valence-corrected chi connectivity index (χ4v) is 3.42. The summed E-state index contributed by atoms with van der Waals surface area (Å²) in [5.41, 5.74) is 3.74. The van der Waals surface area contributed by atoms with Crippen molar-refractivity contribution in [1.82, 2.24) is 0 Å². The van der Waals surface area contributed by atoms with E-state index in [1.54, 1.807) is 0 Å². The third kappa shape index (κ3) is 3.53. The smallest absolute Gasteiger partial charge is 0.125 e. The molecule has 0 aromatic heterocycles. The molecular formula is C18H18Cl2O. The minimum atomic E-state index is 0.390. The zero-order chi connectivity index (χ0) is 14.7. The quantitative estimate of drug-likeness (QED) is 0.711. The summed E-state index contributed by atoms with van der Waals surface area (Å²) in [4.78, 5) is 0. The number of ether oxygens (including phenoxy) is 1. The second kappa shape index (κ2) is 6.72. The van der Waals surface area contributed by atoms with Gasteiger partial charge in [-0.3, -0.25) is 0 Å². The van der Waals surface area contributed by atoms with Crippen molar-refractivity contribution in [3.05, 3.63) is 64.2 Å². The zero-order valence-corrected chi connectivity index (χ0v) is 13.3. The number of alkyl halides is 1. The maximum Gasteiger partial charge on any atom is 0.125 e. The Labute approximate surface area is 135 Å². The van der Waals surface area contributed by atoms with Gasteiger partial charge in [-0.1, -0.05) is 41.9 Å². The first-order valence-electron chi connectivity index (χ1n) is 7.30. The van der Waals surface area contributed by atoms with Crippen molar-refractivity contribution in [2.45, 2.75) is 19.3 Å². The van der Waals surface area contributed by atoms with Crippen molar-refractivity contribution in [2.24, 2.45) is 5.92 Å². The topological polar surface area (TPSA) is 9.23 Å². The lowest BCUT2D eigenvalue weighted by Crippen LogP contribution is -2.11. The van der Waals surface area contributed by atoms with E-state index in [4.69, 9.17) is 27.9 Å². The first kappa shape index (κ1) is 14.7. The third-order valence-corrected chi connectivity index (χ3v) is 4.57. The summed E-state index contributed by atoms with van der Waals surface area (Å²) in [5, 5.41) is 0.794.